The van der Waals surface area contributed by atoms with E-state index in [2.05, 4.69) is 52.2 Å². The second-order valence-electron chi connectivity index (χ2n) is 7.84. The number of morpholine rings is 1. The van der Waals surface area contributed by atoms with Gasteiger partial charge in [0.15, 0.2) is 5.96 Å². The Morgan fingerprint density at radius 3 is 2.79 bits per heavy atom. The van der Waals surface area contributed by atoms with Crippen LogP contribution in [-0.2, 0) is 11.3 Å². The number of para-hydroxylation sites is 1. The molecule has 2 heterocycles. The van der Waals surface area contributed by atoms with Crippen molar-refractivity contribution >= 4 is 17.7 Å². The van der Waals surface area contributed by atoms with Gasteiger partial charge < -0.3 is 19.7 Å². The van der Waals surface area contributed by atoms with Crippen molar-refractivity contribution in [2.45, 2.75) is 25.1 Å². The monoisotopic (exact) mass is 406 g/mol. The largest absolute Gasteiger partial charge is 0.492 e. The number of guanidine groups is 1. The Bertz CT molecular complexity index is 647. The lowest BCUT2D eigenvalue weighted by molar-refractivity contribution is 0.0322. The van der Waals surface area contributed by atoms with Gasteiger partial charge in [-0.1, -0.05) is 18.2 Å². The molecule has 7 heteroatoms. The zero-order valence-electron chi connectivity index (χ0n) is 17.4. The van der Waals surface area contributed by atoms with Crippen molar-refractivity contribution < 1.29 is 9.47 Å². The smallest absolute Gasteiger partial charge is 0.193 e. The van der Waals surface area contributed by atoms with Crippen LogP contribution in [0.3, 0.4) is 0 Å². The zero-order valence-corrected chi connectivity index (χ0v) is 18.3. The highest BCUT2D eigenvalue weighted by Gasteiger charge is 2.28. The van der Waals surface area contributed by atoms with Crippen LogP contribution in [0.25, 0.3) is 0 Å². The van der Waals surface area contributed by atoms with Crippen LogP contribution in [0.2, 0.25) is 0 Å². The Balaban J connectivity index is 1.52. The van der Waals surface area contributed by atoms with Crippen LogP contribution < -0.4 is 10.1 Å². The minimum atomic E-state index is 0.260. The Morgan fingerprint density at radius 1 is 1.25 bits per heavy atom. The minimum absolute atomic E-state index is 0.260. The highest BCUT2D eigenvalue weighted by atomic mass is 32.2. The average molecular weight is 407 g/mol. The molecule has 28 heavy (non-hydrogen) atoms. The molecule has 1 aromatic carbocycles. The number of hydrogen-bond acceptors (Lipinski definition) is 5. The number of nitrogens with zero attached hydrogens (tertiary/aromatic N) is 3. The molecule has 2 fully saturated rings. The second-order valence-corrected chi connectivity index (χ2v) is 9.64. The van der Waals surface area contributed by atoms with Gasteiger partial charge in [-0.05, 0) is 19.9 Å². The third-order valence-electron chi connectivity index (χ3n) is 5.12. The summed E-state index contributed by atoms with van der Waals surface area (Å²) in [5.74, 6) is 3.05. The van der Waals surface area contributed by atoms with Crippen molar-refractivity contribution in [3.63, 3.8) is 0 Å². The summed E-state index contributed by atoms with van der Waals surface area (Å²) in [4.78, 5) is 9.26. The number of ether oxygens (including phenoxy) is 2. The van der Waals surface area contributed by atoms with Gasteiger partial charge in [-0.3, -0.25) is 9.89 Å². The predicted molar refractivity (Wildman–Crippen MR) is 118 cm³/mol. The first-order valence-electron chi connectivity index (χ1n) is 10.2. The summed E-state index contributed by atoms with van der Waals surface area (Å²) in [6, 6.07) is 8.28. The van der Waals surface area contributed by atoms with E-state index in [9.17, 15) is 0 Å². The van der Waals surface area contributed by atoms with E-state index in [-0.39, 0.29) is 4.75 Å². The van der Waals surface area contributed by atoms with Gasteiger partial charge in [-0.2, -0.15) is 11.8 Å². The van der Waals surface area contributed by atoms with Crippen LogP contribution in [-0.4, -0.2) is 85.9 Å². The van der Waals surface area contributed by atoms with Gasteiger partial charge in [-0.15, -0.1) is 0 Å². The first-order valence-corrected chi connectivity index (χ1v) is 11.2. The maximum atomic E-state index is 6.11. The fourth-order valence-corrected chi connectivity index (χ4v) is 4.72. The van der Waals surface area contributed by atoms with E-state index in [4.69, 9.17) is 9.47 Å². The molecule has 0 aliphatic carbocycles. The minimum Gasteiger partial charge on any atom is -0.492 e. The van der Waals surface area contributed by atoms with Crippen molar-refractivity contribution in [1.29, 1.82) is 0 Å². The normalized spacial score (nSPS) is 20.8. The van der Waals surface area contributed by atoms with Gasteiger partial charge in [0.1, 0.15) is 12.4 Å². The molecule has 2 aliphatic heterocycles. The summed E-state index contributed by atoms with van der Waals surface area (Å²) in [5, 5.41) is 3.53. The van der Waals surface area contributed by atoms with E-state index >= 15 is 0 Å². The first-order chi connectivity index (χ1) is 13.6. The molecule has 156 valence electrons. The first kappa shape index (κ1) is 21.3. The van der Waals surface area contributed by atoms with Gasteiger partial charge in [0.25, 0.3) is 0 Å². The third kappa shape index (κ3) is 6.29. The molecule has 6 nitrogen and oxygen atoms in total. The Kier molecular flexibility index (Phi) is 7.88. The predicted octanol–water partition coefficient (Wildman–Crippen LogP) is 2.30. The SMILES string of the molecule is CN=C(NCc1ccccc1OCCN1CCOCC1)N1CCSC(C)(C)C1. The van der Waals surface area contributed by atoms with Crippen molar-refractivity contribution in [1.82, 2.24) is 15.1 Å². The summed E-state index contributed by atoms with van der Waals surface area (Å²) >= 11 is 2.03. The molecule has 0 amide bonds. The Labute approximate surface area is 173 Å². The number of benzene rings is 1. The van der Waals surface area contributed by atoms with Crippen molar-refractivity contribution in [2.24, 2.45) is 4.99 Å². The van der Waals surface area contributed by atoms with E-state index in [1.165, 1.54) is 0 Å². The van der Waals surface area contributed by atoms with Crippen LogP contribution in [0.4, 0.5) is 0 Å². The fourth-order valence-electron chi connectivity index (χ4n) is 3.60. The molecule has 0 spiro atoms. The standard InChI is InChI=1S/C21H34N4O2S/c1-21(2)17-25(11-15-28-21)20(22-3)23-16-18-6-4-5-7-19(18)27-14-10-24-8-12-26-13-9-24/h4-7H,8-17H2,1-3H3,(H,22,23). The molecule has 0 aromatic heterocycles. The summed E-state index contributed by atoms with van der Waals surface area (Å²) in [5.41, 5.74) is 1.16. The van der Waals surface area contributed by atoms with E-state index in [1.807, 2.05) is 24.9 Å². The van der Waals surface area contributed by atoms with Crippen molar-refractivity contribution in [3.8, 4) is 5.75 Å². The number of aliphatic imine (C=N–C) groups is 1. The number of nitrogens with one attached hydrogen (secondary N) is 1. The summed E-state index contributed by atoms with van der Waals surface area (Å²) in [6.45, 7) is 12.6. The van der Waals surface area contributed by atoms with E-state index in [0.717, 1.165) is 69.0 Å². The highest BCUT2D eigenvalue weighted by molar-refractivity contribution is 8.00. The maximum absolute atomic E-state index is 6.11. The van der Waals surface area contributed by atoms with Gasteiger partial charge in [-0.25, -0.2) is 0 Å². The number of rotatable bonds is 6. The van der Waals surface area contributed by atoms with Gasteiger partial charge in [0.2, 0.25) is 0 Å². The zero-order chi connectivity index (χ0) is 19.8. The van der Waals surface area contributed by atoms with Crippen LogP contribution in [0, 0.1) is 0 Å². The number of thioether (sulfide) groups is 1. The Hall–Kier alpha value is -1.44. The molecule has 1 aromatic rings. The van der Waals surface area contributed by atoms with Gasteiger partial charge >= 0.3 is 0 Å². The van der Waals surface area contributed by atoms with E-state index in [0.29, 0.717) is 13.2 Å². The third-order valence-corrected chi connectivity index (χ3v) is 6.41. The highest BCUT2D eigenvalue weighted by Crippen LogP contribution is 2.29. The van der Waals surface area contributed by atoms with Crippen LogP contribution in [0.5, 0.6) is 5.75 Å². The molecule has 2 saturated heterocycles. The van der Waals surface area contributed by atoms with Gasteiger partial charge in [0, 0.05) is 62.4 Å². The van der Waals surface area contributed by atoms with E-state index < -0.39 is 0 Å². The molecular formula is C21H34N4O2S. The topological polar surface area (TPSA) is 49.3 Å². The lowest BCUT2D eigenvalue weighted by Gasteiger charge is -2.39. The van der Waals surface area contributed by atoms with Crippen LogP contribution >= 0.6 is 11.8 Å². The second kappa shape index (κ2) is 10.4. The quantitative estimate of drug-likeness (QED) is 0.578. The van der Waals surface area contributed by atoms with Gasteiger partial charge in [0.05, 0.1) is 13.2 Å². The fraction of sp³-hybridized carbons (Fsp3) is 0.667. The summed E-state index contributed by atoms with van der Waals surface area (Å²) < 4.78 is 11.8. The van der Waals surface area contributed by atoms with Crippen molar-refractivity contribution in [3.05, 3.63) is 29.8 Å². The molecule has 0 unspecified atom stereocenters. The lowest BCUT2D eigenvalue weighted by Crippen LogP contribution is -2.50. The molecule has 0 atom stereocenters. The molecule has 3 rings (SSSR count). The van der Waals surface area contributed by atoms with Crippen LogP contribution in [0.15, 0.2) is 29.3 Å². The summed E-state index contributed by atoms with van der Waals surface area (Å²) in [6.07, 6.45) is 0. The molecule has 1 N–H and O–H groups in total. The molecule has 2 aliphatic rings. The van der Waals surface area contributed by atoms with E-state index in [1.54, 1.807) is 0 Å². The van der Waals surface area contributed by atoms with Crippen LogP contribution in [0.1, 0.15) is 19.4 Å². The average Bonchev–Trinajstić information content (AvgIpc) is 2.70. The number of hydrogen-bond donors (Lipinski definition) is 1. The lowest BCUT2D eigenvalue weighted by atomic mass is 10.2. The summed E-state index contributed by atoms with van der Waals surface area (Å²) in [7, 11) is 1.86. The molecule has 0 radical (unpaired) electrons. The molecule has 0 saturated carbocycles. The molecule has 0 bridgehead atoms. The molecular weight excluding hydrogens is 372 g/mol. The Morgan fingerprint density at radius 2 is 2.04 bits per heavy atom. The maximum Gasteiger partial charge on any atom is 0.193 e. The van der Waals surface area contributed by atoms with Crippen molar-refractivity contribution in [2.75, 3.05) is 65.3 Å².